The van der Waals surface area contributed by atoms with Gasteiger partial charge in [0.15, 0.2) is 9.34 Å². The molecule has 0 radical (unpaired) electrons. The van der Waals surface area contributed by atoms with E-state index in [0.29, 0.717) is 20.9 Å². The molecule has 5 nitrogen and oxygen atoms in total. The largest absolute Gasteiger partial charge is 0.375 e. The molecule has 0 aliphatic carbocycles. The highest BCUT2D eigenvalue weighted by Crippen LogP contribution is 2.31. The van der Waals surface area contributed by atoms with Gasteiger partial charge >= 0.3 is 0 Å². The van der Waals surface area contributed by atoms with Crippen molar-refractivity contribution >= 4 is 59.7 Å². The number of anilines is 2. The monoisotopic (exact) mass is 381 g/mol. The van der Waals surface area contributed by atoms with Crippen LogP contribution in [0, 0.1) is 6.92 Å². The Morgan fingerprint density at radius 2 is 2.16 bits per heavy atom. The fraction of sp³-hybridized carbons (Fsp3) is 0.100. The molecular formula is C10H9BrClN3O2S2. The summed E-state index contributed by atoms with van der Waals surface area (Å²) in [6.45, 7) is 1.59. The number of benzene rings is 1. The molecule has 1 aromatic heterocycles. The lowest BCUT2D eigenvalue weighted by atomic mass is 10.3. The van der Waals surface area contributed by atoms with E-state index in [1.165, 1.54) is 6.07 Å². The smallest absolute Gasteiger partial charge is 0.273 e. The number of nitrogens with zero attached hydrogens (tertiary/aromatic N) is 1. The second kappa shape index (κ2) is 5.28. The number of aromatic nitrogens is 1. The van der Waals surface area contributed by atoms with E-state index in [1.807, 2.05) is 0 Å². The third-order valence-corrected chi connectivity index (χ3v) is 6.08. The summed E-state index contributed by atoms with van der Waals surface area (Å²) in [6.07, 6.45) is 0. The zero-order valence-corrected chi connectivity index (χ0v) is 13.6. The molecule has 0 unspecified atom stereocenters. The van der Waals surface area contributed by atoms with Crippen molar-refractivity contribution in [3.63, 3.8) is 0 Å². The third kappa shape index (κ3) is 3.19. The summed E-state index contributed by atoms with van der Waals surface area (Å²) in [7, 11) is -3.73. The predicted molar refractivity (Wildman–Crippen MR) is 81.2 cm³/mol. The Balaban J connectivity index is 2.42. The topological polar surface area (TPSA) is 85.1 Å². The highest BCUT2D eigenvalue weighted by molar-refractivity contribution is 9.10. The van der Waals surface area contributed by atoms with Crippen molar-refractivity contribution in [1.82, 2.24) is 4.98 Å². The van der Waals surface area contributed by atoms with Crippen molar-refractivity contribution < 1.29 is 8.42 Å². The number of halogens is 2. The van der Waals surface area contributed by atoms with Gasteiger partial charge in [-0.1, -0.05) is 22.9 Å². The number of nitrogens with two attached hydrogens (primary N) is 1. The minimum absolute atomic E-state index is 0.0943. The van der Waals surface area contributed by atoms with Gasteiger partial charge in [-0.15, -0.1) is 0 Å². The van der Waals surface area contributed by atoms with Crippen LogP contribution in [0.15, 0.2) is 26.9 Å². The van der Waals surface area contributed by atoms with Crippen LogP contribution in [0.1, 0.15) is 5.69 Å². The van der Waals surface area contributed by atoms with E-state index in [0.717, 1.165) is 11.3 Å². The summed E-state index contributed by atoms with van der Waals surface area (Å²) < 4.78 is 27.6. The summed E-state index contributed by atoms with van der Waals surface area (Å²) >= 11 is 10.0. The van der Waals surface area contributed by atoms with Crippen LogP contribution in [0.3, 0.4) is 0 Å². The molecule has 0 aliphatic rings. The highest BCUT2D eigenvalue weighted by atomic mass is 79.9. The lowest BCUT2D eigenvalue weighted by Crippen LogP contribution is -2.13. The SMILES string of the molecule is Cc1nc(N)sc1S(=O)(=O)Nc1cc(Cl)ccc1Br. The molecule has 0 spiro atoms. The molecule has 0 amide bonds. The number of rotatable bonds is 3. The number of thiazole rings is 1. The molecule has 2 aromatic rings. The van der Waals surface area contributed by atoms with Crippen molar-refractivity contribution in [2.45, 2.75) is 11.1 Å². The van der Waals surface area contributed by atoms with Crippen LogP contribution in [-0.4, -0.2) is 13.4 Å². The summed E-state index contributed by atoms with van der Waals surface area (Å²) in [4.78, 5) is 3.90. The molecule has 0 atom stereocenters. The molecule has 0 fully saturated rings. The predicted octanol–water partition coefficient (Wildman–Crippen LogP) is 3.25. The number of hydrogen-bond donors (Lipinski definition) is 2. The van der Waals surface area contributed by atoms with Crippen LogP contribution < -0.4 is 10.5 Å². The standard InChI is InChI=1S/C10H9BrClN3O2S2/c1-5-9(18-10(13)14-5)19(16,17)15-8-4-6(12)2-3-7(8)11/h2-4,15H,1H3,(H2,13,14). The van der Waals surface area contributed by atoms with Gasteiger partial charge in [0.05, 0.1) is 11.4 Å². The Labute approximate surface area is 128 Å². The van der Waals surface area contributed by atoms with E-state index in [1.54, 1.807) is 19.1 Å². The summed E-state index contributed by atoms with van der Waals surface area (Å²) in [6, 6.07) is 4.83. The van der Waals surface area contributed by atoms with Crippen LogP contribution in [0.25, 0.3) is 0 Å². The Morgan fingerprint density at radius 1 is 1.47 bits per heavy atom. The van der Waals surface area contributed by atoms with Gasteiger partial charge in [0.25, 0.3) is 10.0 Å². The highest BCUT2D eigenvalue weighted by Gasteiger charge is 2.22. The molecule has 2 rings (SSSR count). The van der Waals surface area contributed by atoms with Crippen LogP contribution in [0.4, 0.5) is 10.8 Å². The van der Waals surface area contributed by atoms with Crippen LogP contribution in [0.2, 0.25) is 5.02 Å². The summed E-state index contributed by atoms with van der Waals surface area (Å²) in [5, 5.41) is 0.643. The molecule has 0 aliphatic heterocycles. The first kappa shape index (κ1) is 14.6. The zero-order valence-electron chi connectivity index (χ0n) is 9.65. The first-order valence-corrected chi connectivity index (χ1v) is 8.47. The van der Waals surface area contributed by atoms with Crippen LogP contribution >= 0.6 is 38.9 Å². The fourth-order valence-electron chi connectivity index (χ4n) is 1.42. The maximum Gasteiger partial charge on any atom is 0.273 e. The molecule has 3 N–H and O–H groups in total. The van der Waals surface area contributed by atoms with Gasteiger partial charge in [-0.3, -0.25) is 4.72 Å². The second-order valence-electron chi connectivity index (χ2n) is 3.65. The Bertz CT molecular complexity index is 730. The average molecular weight is 383 g/mol. The molecule has 19 heavy (non-hydrogen) atoms. The first-order chi connectivity index (χ1) is 8.79. The summed E-state index contributed by atoms with van der Waals surface area (Å²) in [5.41, 5.74) is 6.24. The lowest BCUT2D eigenvalue weighted by molar-refractivity contribution is 0.602. The molecular weight excluding hydrogens is 374 g/mol. The third-order valence-electron chi connectivity index (χ3n) is 2.19. The van der Waals surface area contributed by atoms with E-state index in [9.17, 15) is 8.42 Å². The Kier molecular flexibility index (Phi) is 4.05. The minimum atomic E-state index is -3.73. The minimum Gasteiger partial charge on any atom is -0.375 e. The van der Waals surface area contributed by atoms with Gasteiger partial charge < -0.3 is 5.73 Å². The average Bonchev–Trinajstić information content (AvgIpc) is 2.63. The molecule has 0 saturated carbocycles. The van der Waals surface area contributed by atoms with Crippen LogP contribution in [0.5, 0.6) is 0 Å². The van der Waals surface area contributed by atoms with Crippen molar-refractivity contribution in [1.29, 1.82) is 0 Å². The van der Waals surface area contributed by atoms with Gasteiger partial charge in [-0.2, -0.15) is 0 Å². The number of hydrogen-bond acceptors (Lipinski definition) is 5. The number of sulfonamides is 1. The maximum atomic E-state index is 12.2. The second-order valence-corrected chi connectivity index (χ2v) is 7.85. The van der Waals surface area contributed by atoms with Crippen molar-refractivity contribution in [2.75, 3.05) is 10.5 Å². The molecule has 0 saturated heterocycles. The Hall–Kier alpha value is -0.830. The summed E-state index contributed by atoms with van der Waals surface area (Å²) in [5.74, 6) is 0. The number of nitrogen functional groups attached to an aromatic ring is 1. The van der Waals surface area contributed by atoms with E-state index in [2.05, 4.69) is 25.6 Å². The zero-order chi connectivity index (χ0) is 14.2. The fourth-order valence-corrected chi connectivity index (χ4v) is 4.44. The number of aryl methyl sites for hydroxylation is 1. The van der Waals surface area contributed by atoms with E-state index >= 15 is 0 Å². The van der Waals surface area contributed by atoms with Gasteiger partial charge in [-0.05, 0) is 41.1 Å². The quantitative estimate of drug-likeness (QED) is 0.853. The van der Waals surface area contributed by atoms with Crippen molar-refractivity contribution in [3.8, 4) is 0 Å². The van der Waals surface area contributed by atoms with E-state index < -0.39 is 10.0 Å². The van der Waals surface area contributed by atoms with Crippen LogP contribution in [-0.2, 0) is 10.0 Å². The molecule has 0 bridgehead atoms. The molecule has 1 heterocycles. The molecule has 9 heteroatoms. The van der Waals surface area contributed by atoms with Crippen molar-refractivity contribution in [2.24, 2.45) is 0 Å². The number of nitrogens with one attached hydrogen (secondary N) is 1. The van der Waals surface area contributed by atoms with Gasteiger partial charge in [-0.25, -0.2) is 13.4 Å². The normalized spacial score (nSPS) is 11.5. The van der Waals surface area contributed by atoms with E-state index in [-0.39, 0.29) is 9.34 Å². The first-order valence-electron chi connectivity index (χ1n) is 5.00. The molecule has 102 valence electrons. The van der Waals surface area contributed by atoms with E-state index in [4.69, 9.17) is 17.3 Å². The van der Waals surface area contributed by atoms with Gasteiger partial charge in [0.2, 0.25) is 0 Å². The molecule has 1 aromatic carbocycles. The van der Waals surface area contributed by atoms with Gasteiger partial charge in [0, 0.05) is 9.50 Å². The van der Waals surface area contributed by atoms with Crippen molar-refractivity contribution in [3.05, 3.63) is 33.4 Å². The Morgan fingerprint density at radius 3 is 2.74 bits per heavy atom. The van der Waals surface area contributed by atoms with Gasteiger partial charge in [0.1, 0.15) is 0 Å². The lowest BCUT2D eigenvalue weighted by Gasteiger charge is -2.09. The maximum absolute atomic E-state index is 12.2.